The van der Waals surface area contributed by atoms with Gasteiger partial charge in [0, 0.05) is 40.7 Å². The number of alkyl carbamates (subject to hydrolysis) is 1. The molecule has 21 nitrogen and oxygen atoms in total. The SMILES string of the molecule is N=C(N)NCCSC(CC(=O)O)C(=O)O.O=C(O)CCC(NC(=O)OCc1ccccc1)C(=O)O.O=C(O)c1cccc2c1-c1ccc([N+](=O)[O-])cc1C2.O=C(O)c1cccc2cccc(Br)c12. The van der Waals surface area contributed by atoms with Crippen molar-refractivity contribution in [3.05, 3.63) is 146 Å². The van der Waals surface area contributed by atoms with Crippen LogP contribution < -0.4 is 16.4 Å². The minimum atomic E-state index is -1.30. The van der Waals surface area contributed by atoms with Gasteiger partial charge >= 0.3 is 41.9 Å². The normalized spacial score (nSPS) is 11.4. The fourth-order valence-corrected chi connectivity index (χ4v) is 7.70. The highest BCUT2D eigenvalue weighted by Crippen LogP contribution is 2.40. The van der Waals surface area contributed by atoms with E-state index in [0.717, 1.165) is 49.3 Å². The molecule has 5 aromatic rings. The Morgan fingerprint density at radius 1 is 0.794 bits per heavy atom. The Kier molecular flexibility index (Phi) is 21.4. The lowest BCUT2D eigenvalue weighted by Gasteiger charge is -2.13. The van der Waals surface area contributed by atoms with E-state index in [-0.39, 0.29) is 36.7 Å². The fourth-order valence-electron chi connectivity index (χ4n) is 6.20. The Labute approximate surface area is 398 Å². The van der Waals surface area contributed by atoms with E-state index in [0.29, 0.717) is 29.8 Å². The number of carbonyl (C=O) groups is 7. The number of amides is 1. The van der Waals surface area contributed by atoms with E-state index < -0.39 is 64.5 Å². The molecule has 23 heteroatoms. The van der Waals surface area contributed by atoms with Gasteiger partial charge in [-0.05, 0) is 70.3 Å². The first-order valence-electron chi connectivity index (χ1n) is 19.8. The number of hydrogen-bond acceptors (Lipinski definition) is 12. The number of rotatable bonds is 17. The second-order valence-electron chi connectivity index (χ2n) is 14.0. The van der Waals surface area contributed by atoms with E-state index in [1.165, 1.54) is 12.1 Å². The molecule has 0 aliphatic heterocycles. The summed E-state index contributed by atoms with van der Waals surface area (Å²) in [7, 11) is 0. The summed E-state index contributed by atoms with van der Waals surface area (Å²) in [5, 5.41) is 75.6. The topological polar surface area (TPSA) is 367 Å². The number of nitro groups is 1. The van der Waals surface area contributed by atoms with Crippen LogP contribution in [0.3, 0.4) is 0 Å². The summed E-state index contributed by atoms with van der Waals surface area (Å²) in [5.74, 6) is -6.42. The van der Waals surface area contributed by atoms with Gasteiger partial charge in [0.15, 0.2) is 5.96 Å². The number of nitrogens with zero attached hydrogens (tertiary/aromatic N) is 1. The van der Waals surface area contributed by atoms with E-state index in [1.807, 2.05) is 36.4 Å². The molecule has 68 heavy (non-hydrogen) atoms. The van der Waals surface area contributed by atoms with Crippen LogP contribution in [0.1, 0.15) is 56.7 Å². The third-order valence-corrected chi connectivity index (χ3v) is 11.1. The number of carboxylic acid groups (broad SMARTS) is 6. The van der Waals surface area contributed by atoms with Crippen molar-refractivity contribution < 1.29 is 73.9 Å². The quantitative estimate of drug-likeness (QED) is 0.0153. The number of aliphatic carboxylic acids is 4. The lowest BCUT2D eigenvalue weighted by molar-refractivity contribution is -0.384. The lowest BCUT2D eigenvalue weighted by Crippen LogP contribution is -2.41. The molecule has 0 fully saturated rings. The van der Waals surface area contributed by atoms with Gasteiger partial charge in [0.25, 0.3) is 5.69 Å². The number of nitro benzene ring substituents is 1. The molecule has 0 saturated carbocycles. The van der Waals surface area contributed by atoms with Gasteiger partial charge in [0.1, 0.15) is 17.9 Å². The molecule has 0 saturated heterocycles. The van der Waals surface area contributed by atoms with Gasteiger partial charge in [-0.15, -0.1) is 11.8 Å². The van der Waals surface area contributed by atoms with Crippen LogP contribution in [0.4, 0.5) is 10.5 Å². The van der Waals surface area contributed by atoms with Crippen LogP contribution in [0.15, 0.2) is 108 Å². The molecular weight excluding hydrogens is 978 g/mol. The molecule has 2 atom stereocenters. The second-order valence-corrected chi connectivity index (χ2v) is 16.2. The average molecular weight is 1020 g/mol. The van der Waals surface area contributed by atoms with Crippen LogP contribution in [0.25, 0.3) is 21.9 Å². The van der Waals surface area contributed by atoms with Crippen molar-refractivity contribution in [3.8, 4) is 11.1 Å². The zero-order valence-corrected chi connectivity index (χ0v) is 37.9. The number of hydrogen-bond donors (Lipinski definition) is 10. The minimum Gasteiger partial charge on any atom is -0.481 e. The second kappa shape index (κ2) is 26.8. The summed E-state index contributed by atoms with van der Waals surface area (Å²) in [6.07, 6.45) is -1.33. The summed E-state index contributed by atoms with van der Waals surface area (Å²) in [4.78, 5) is 86.1. The van der Waals surface area contributed by atoms with Gasteiger partial charge in [0.2, 0.25) is 0 Å². The van der Waals surface area contributed by atoms with Crippen molar-refractivity contribution in [3.63, 3.8) is 0 Å². The van der Waals surface area contributed by atoms with Crippen LogP contribution >= 0.6 is 27.7 Å². The predicted molar refractivity (Wildman–Crippen MR) is 251 cm³/mol. The number of nitrogens with two attached hydrogens (primary N) is 1. The highest BCUT2D eigenvalue weighted by molar-refractivity contribution is 9.10. The van der Waals surface area contributed by atoms with Crippen LogP contribution in [-0.2, 0) is 36.9 Å². The van der Waals surface area contributed by atoms with E-state index in [1.54, 1.807) is 54.6 Å². The number of thioether (sulfide) groups is 1. The van der Waals surface area contributed by atoms with Crippen molar-refractivity contribution in [2.75, 3.05) is 12.3 Å². The van der Waals surface area contributed by atoms with Crippen molar-refractivity contribution in [2.24, 2.45) is 5.73 Å². The number of ether oxygens (including phenoxy) is 1. The van der Waals surface area contributed by atoms with Gasteiger partial charge in [-0.2, -0.15) is 0 Å². The zero-order chi connectivity index (χ0) is 50.5. The summed E-state index contributed by atoms with van der Waals surface area (Å²) < 4.78 is 5.67. The molecule has 1 amide bonds. The molecule has 2 unspecified atom stereocenters. The number of guanidine groups is 1. The number of non-ortho nitro benzene ring substituents is 1. The van der Waals surface area contributed by atoms with Crippen LogP contribution in [-0.4, -0.2) is 107 Å². The van der Waals surface area contributed by atoms with Gasteiger partial charge in [-0.1, -0.05) is 82.7 Å². The Hall–Kier alpha value is -8.05. The van der Waals surface area contributed by atoms with Gasteiger partial charge < -0.3 is 51.7 Å². The molecule has 358 valence electrons. The molecule has 0 aromatic heterocycles. The molecule has 1 aliphatic carbocycles. The monoisotopic (exact) mass is 1020 g/mol. The van der Waals surface area contributed by atoms with Gasteiger partial charge in [0.05, 0.1) is 22.5 Å². The first-order valence-corrected chi connectivity index (χ1v) is 21.6. The number of carbonyl (C=O) groups excluding carboxylic acids is 1. The van der Waals surface area contributed by atoms with Crippen molar-refractivity contribution in [2.45, 2.75) is 43.6 Å². The van der Waals surface area contributed by atoms with Crippen LogP contribution in [0.2, 0.25) is 0 Å². The highest BCUT2D eigenvalue weighted by Gasteiger charge is 2.26. The van der Waals surface area contributed by atoms with E-state index in [2.05, 4.69) is 26.6 Å². The number of halogens is 1. The maximum Gasteiger partial charge on any atom is 0.408 e. The first kappa shape index (κ1) is 54.3. The standard InChI is InChI=1S/C14H9NO4.C13H15NO6.C11H7BrO2.C7H13N3O4S/c16-14(17)12-3-1-2-8-6-9-7-10(15(18)19)4-5-11(9)13(8)12;15-11(16)7-6-10(12(17)18)14-13(19)20-8-9-4-2-1-3-5-9;12-9-6-2-4-7-3-1-5-8(10(7)9)11(13)14;8-7(9)10-1-2-15-4(6(13)14)3-5(11)12/h1-5,7H,6H2,(H,16,17);1-5,10H,6-8H2,(H,14,19)(H,15,16)(H,17,18);1-6H,(H,13,14);4H,1-3H2,(H,11,12)(H,13,14)(H4,8,9,10). The first-order chi connectivity index (χ1) is 32.2. The maximum absolute atomic E-state index is 11.4. The van der Waals surface area contributed by atoms with Crippen LogP contribution in [0, 0.1) is 15.5 Å². The number of carboxylic acids is 6. The summed E-state index contributed by atoms with van der Waals surface area (Å²) in [5.41, 5.74) is 9.53. The molecule has 6 rings (SSSR count). The third kappa shape index (κ3) is 17.4. The molecule has 0 radical (unpaired) electrons. The molecule has 0 heterocycles. The highest BCUT2D eigenvalue weighted by atomic mass is 79.9. The van der Waals surface area contributed by atoms with Gasteiger partial charge in [-0.25, -0.2) is 19.2 Å². The fraction of sp³-hybridized carbons (Fsp3) is 0.200. The minimum absolute atomic E-state index is 0.0118. The number of fused-ring (bicyclic) bond motifs is 4. The van der Waals surface area contributed by atoms with Crippen molar-refractivity contribution in [1.82, 2.24) is 10.6 Å². The molecule has 1 aliphatic rings. The molecule has 5 aromatic carbocycles. The van der Waals surface area contributed by atoms with E-state index >= 15 is 0 Å². The summed E-state index contributed by atoms with van der Waals surface area (Å²) in [6, 6.07) is 28.1. The maximum atomic E-state index is 11.4. The summed E-state index contributed by atoms with van der Waals surface area (Å²) >= 11 is 4.36. The number of nitrogens with one attached hydrogen (secondary N) is 3. The number of aromatic carboxylic acids is 2. The Bertz CT molecular complexity index is 2660. The van der Waals surface area contributed by atoms with Crippen LogP contribution in [0.5, 0.6) is 0 Å². The smallest absolute Gasteiger partial charge is 0.408 e. The lowest BCUT2D eigenvalue weighted by atomic mass is 9.99. The van der Waals surface area contributed by atoms with Crippen molar-refractivity contribution >= 4 is 92.0 Å². The Morgan fingerprint density at radius 3 is 2.00 bits per heavy atom. The molecular formula is C45H44BrN5O16S. The molecule has 11 N–H and O–H groups in total. The van der Waals surface area contributed by atoms with E-state index in [9.17, 15) is 48.8 Å². The molecule has 0 bridgehead atoms. The Morgan fingerprint density at radius 2 is 1.43 bits per heavy atom. The zero-order valence-electron chi connectivity index (χ0n) is 35.5. The third-order valence-electron chi connectivity index (χ3n) is 9.24. The Balaban J connectivity index is 0.000000243. The predicted octanol–water partition coefficient (Wildman–Crippen LogP) is 6.53. The largest absolute Gasteiger partial charge is 0.481 e. The number of benzene rings is 5. The summed E-state index contributed by atoms with van der Waals surface area (Å²) in [6.45, 7) is 0.349. The van der Waals surface area contributed by atoms with Gasteiger partial charge in [-0.3, -0.25) is 29.9 Å². The average Bonchev–Trinajstić information content (AvgIpc) is 3.67. The molecule has 0 spiro atoms. The van der Waals surface area contributed by atoms with Crippen molar-refractivity contribution in [1.29, 1.82) is 5.41 Å². The van der Waals surface area contributed by atoms with E-state index in [4.69, 9.17) is 41.4 Å².